The number of hydrogen-bond acceptors (Lipinski definition) is 1. The Kier molecular flexibility index (Phi) is 7.34. The van der Waals surface area contributed by atoms with Gasteiger partial charge in [-0.1, -0.05) is 88.4 Å². The van der Waals surface area contributed by atoms with Crippen LogP contribution in [0.25, 0.3) is 66.2 Å². The van der Waals surface area contributed by atoms with Crippen LogP contribution in [0.2, 0.25) is 0 Å². The predicted octanol–water partition coefficient (Wildman–Crippen LogP) is 11.3. The summed E-state index contributed by atoms with van der Waals surface area (Å²) in [6.07, 6.45) is 1.75. The fourth-order valence-corrected chi connectivity index (χ4v) is 6.78. The number of rotatable bonds is 6. The highest BCUT2D eigenvalue weighted by Gasteiger charge is 2.32. The summed E-state index contributed by atoms with van der Waals surface area (Å²) < 4.78 is 10.6. The largest absolute Gasteiger partial charge is 0.464 e. The van der Waals surface area contributed by atoms with Crippen LogP contribution in [0, 0.1) is 13.5 Å². The molecule has 4 nitrogen and oxygen atoms in total. The third-order valence-corrected chi connectivity index (χ3v) is 9.22. The molecule has 0 aliphatic heterocycles. The van der Waals surface area contributed by atoms with Gasteiger partial charge in [0.05, 0.1) is 25.4 Å². The van der Waals surface area contributed by atoms with Gasteiger partial charge in [0.2, 0.25) is 0 Å². The van der Waals surface area contributed by atoms with Crippen LogP contribution in [-0.2, 0) is 7.05 Å². The Bertz CT molecular complexity index is 2250. The van der Waals surface area contributed by atoms with Crippen LogP contribution in [0.3, 0.4) is 0 Å². The molecule has 0 unspecified atom stereocenters. The lowest BCUT2D eigenvalue weighted by atomic mass is 9.87. The van der Waals surface area contributed by atoms with Crippen molar-refractivity contribution in [2.75, 3.05) is 0 Å². The topological polar surface area (TPSA) is 26.3 Å². The molecule has 0 bridgehead atoms. The molecule has 0 atom stereocenters. The van der Waals surface area contributed by atoms with Gasteiger partial charge in [0.1, 0.15) is 11.3 Å². The van der Waals surface area contributed by atoms with Crippen LogP contribution in [0.4, 0.5) is 5.69 Å². The molecule has 0 saturated carbocycles. The zero-order valence-corrected chi connectivity index (χ0v) is 27.3. The summed E-state index contributed by atoms with van der Waals surface area (Å²) in [6.45, 7) is 19.0. The Balaban J connectivity index is 1.52. The van der Waals surface area contributed by atoms with Crippen molar-refractivity contribution in [3.8, 4) is 39.3 Å². The van der Waals surface area contributed by atoms with Crippen molar-refractivity contribution < 1.29 is 8.98 Å². The Morgan fingerprint density at radius 3 is 1.98 bits per heavy atom. The number of imidazole rings is 1. The summed E-state index contributed by atoms with van der Waals surface area (Å²) in [5.74, 6) is 1.60. The lowest BCUT2D eigenvalue weighted by Crippen LogP contribution is -2.36. The van der Waals surface area contributed by atoms with Gasteiger partial charge in [-0.15, -0.1) is 0 Å². The quantitative estimate of drug-likeness (QED) is 0.138. The minimum absolute atomic E-state index is 0.266. The normalized spacial score (nSPS) is 11.6. The Hall–Kier alpha value is -5.40. The van der Waals surface area contributed by atoms with Crippen molar-refractivity contribution in [3.63, 3.8) is 0 Å². The van der Waals surface area contributed by atoms with Gasteiger partial charge in [0.15, 0.2) is 16.7 Å². The summed E-state index contributed by atoms with van der Waals surface area (Å²) in [4.78, 5) is 3.77. The molecule has 4 heteroatoms. The summed E-state index contributed by atoms with van der Waals surface area (Å²) in [6, 6.07) is 36.7. The molecule has 226 valence electrons. The second-order valence-electron chi connectivity index (χ2n) is 12.9. The lowest BCUT2D eigenvalue weighted by Gasteiger charge is -2.21. The maximum absolute atomic E-state index is 7.73. The summed E-state index contributed by atoms with van der Waals surface area (Å²) in [5.41, 5.74) is 14.5. The van der Waals surface area contributed by atoms with Crippen LogP contribution in [0.1, 0.15) is 56.2 Å². The van der Waals surface area contributed by atoms with E-state index in [4.69, 9.17) is 11.0 Å². The van der Waals surface area contributed by atoms with E-state index < -0.39 is 0 Å². The number of nitrogens with zero attached hydrogens (tertiary/aromatic N) is 3. The number of furan rings is 1. The molecule has 0 amide bonds. The minimum Gasteiger partial charge on any atom is -0.464 e. The van der Waals surface area contributed by atoms with Crippen LogP contribution >= 0.6 is 0 Å². The highest BCUT2D eigenvalue weighted by molar-refractivity contribution is 5.87. The van der Waals surface area contributed by atoms with Crippen molar-refractivity contribution >= 4 is 27.7 Å². The van der Waals surface area contributed by atoms with Crippen LogP contribution in [0.5, 0.6) is 0 Å². The van der Waals surface area contributed by atoms with Gasteiger partial charge in [-0.05, 0) is 89.0 Å². The third-order valence-electron chi connectivity index (χ3n) is 9.22. The van der Waals surface area contributed by atoms with Crippen LogP contribution in [-0.4, -0.2) is 4.57 Å². The van der Waals surface area contributed by atoms with Gasteiger partial charge in [-0.2, -0.15) is 4.57 Å². The second kappa shape index (κ2) is 11.5. The first-order chi connectivity index (χ1) is 22.2. The molecular weight excluding hydrogens is 562 g/mol. The number of fused-ring (bicyclic) bond motifs is 2. The highest BCUT2D eigenvalue weighted by atomic mass is 16.3. The van der Waals surface area contributed by atoms with E-state index in [-0.39, 0.29) is 11.8 Å². The highest BCUT2D eigenvalue weighted by Crippen LogP contribution is 2.38. The molecule has 0 saturated heterocycles. The fraction of sp³-hybridized carbons (Fsp3) is 0.190. The molecule has 2 heterocycles. The van der Waals surface area contributed by atoms with E-state index in [9.17, 15) is 0 Å². The van der Waals surface area contributed by atoms with Gasteiger partial charge >= 0.3 is 0 Å². The van der Waals surface area contributed by atoms with Gasteiger partial charge in [-0.25, -0.2) is 9.41 Å². The predicted molar refractivity (Wildman–Crippen MR) is 190 cm³/mol. The number of benzene rings is 5. The SMILES string of the molecule is [C-]#[N+]c1ccc2c(c1)n(C)c(-c1cc3occc3cc1C)[n+]2-c1c(C(C)C)cc(-c2ccc(-c3ccccc3)cc2)cc1C(C)C. The zero-order chi connectivity index (χ0) is 32.1. The molecular formula is C42H38N3O+. The maximum Gasteiger partial charge on any atom is 0.295 e. The number of hydrogen-bond donors (Lipinski definition) is 0. The summed E-state index contributed by atoms with van der Waals surface area (Å²) >= 11 is 0. The second-order valence-corrected chi connectivity index (χ2v) is 12.9. The average Bonchev–Trinajstić information content (AvgIpc) is 3.64. The minimum atomic E-state index is 0.266. The molecule has 0 fully saturated rings. The molecule has 5 aromatic carbocycles. The van der Waals surface area contributed by atoms with E-state index >= 15 is 0 Å². The molecule has 0 spiro atoms. The summed E-state index contributed by atoms with van der Waals surface area (Å²) in [5, 5.41) is 1.09. The maximum atomic E-state index is 7.73. The number of aryl methyl sites for hydroxylation is 2. The first kappa shape index (κ1) is 29.3. The van der Waals surface area contributed by atoms with Crippen LogP contribution in [0.15, 0.2) is 114 Å². The van der Waals surface area contributed by atoms with Crippen molar-refractivity contribution in [1.82, 2.24) is 4.57 Å². The first-order valence-corrected chi connectivity index (χ1v) is 16.0. The molecule has 7 rings (SSSR count). The van der Waals surface area contributed by atoms with E-state index in [2.05, 4.69) is 141 Å². The molecule has 0 N–H and O–H groups in total. The molecule has 0 aliphatic carbocycles. The van der Waals surface area contributed by atoms with E-state index in [1.165, 1.54) is 44.6 Å². The van der Waals surface area contributed by atoms with Gasteiger partial charge in [0.25, 0.3) is 5.82 Å². The molecule has 0 radical (unpaired) electrons. The first-order valence-electron chi connectivity index (χ1n) is 16.0. The zero-order valence-electron chi connectivity index (χ0n) is 27.3. The van der Waals surface area contributed by atoms with E-state index in [0.29, 0.717) is 5.69 Å². The van der Waals surface area contributed by atoms with Crippen molar-refractivity contribution in [1.29, 1.82) is 0 Å². The van der Waals surface area contributed by atoms with E-state index in [0.717, 1.165) is 33.4 Å². The van der Waals surface area contributed by atoms with Crippen molar-refractivity contribution in [2.45, 2.75) is 46.5 Å². The Labute approximate surface area is 271 Å². The lowest BCUT2D eigenvalue weighted by molar-refractivity contribution is -0.557. The summed E-state index contributed by atoms with van der Waals surface area (Å²) in [7, 11) is 2.11. The Morgan fingerprint density at radius 1 is 0.717 bits per heavy atom. The van der Waals surface area contributed by atoms with E-state index in [1.54, 1.807) is 6.26 Å². The van der Waals surface area contributed by atoms with Crippen molar-refractivity contribution in [2.24, 2.45) is 7.05 Å². The third kappa shape index (κ3) is 4.89. The standard InChI is InChI=1S/C42H38N3O/c1-26(2)35-22-33(31-15-13-30(14-16-31)29-11-9-8-10-12-29)23-36(27(3)4)41(35)45-38-18-17-34(43-6)24-39(38)44(7)42(45)37-25-40-32(19-20-46-40)21-28(37)5/h8-27H,1-5,7H3/q+1. The van der Waals surface area contributed by atoms with Gasteiger partial charge in [-0.3, -0.25) is 0 Å². The molecule has 46 heavy (non-hydrogen) atoms. The number of aromatic nitrogens is 2. The monoisotopic (exact) mass is 600 g/mol. The molecule has 2 aromatic heterocycles. The van der Waals surface area contributed by atoms with Crippen LogP contribution < -0.4 is 4.57 Å². The molecule has 7 aromatic rings. The van der Waals surface area contributed by atoms with E-state index in [1.807, 2.05) is 18.2 Å². The van der Waals surface area contributed by atoms with Gasteiger partial charge < -0.3 is 4.42 Å². The average molecular weight is 601 g/mol. The Morgan fingerprint density at radius 2 is 1.35 bits per heavy atom. The smallest absolute Gasteiger partial charge is 0.295 e. The molecule has 0 aliphatic rings. The fourth-order valence-electron chi connectivity index (χ4n) is 6.78. The van der Waals surface area contributed by atoms with Crippen molar-refractivity contribution in [3.05, 3.63) is 137 Å². The van der Waals surface area contributed by atoms with Gasteiger partial charge in [0, 0.05) is 16.5 Å².